The fourth-order valence-electron chi connectivity index (χ4n) is 5.39. The first-order valence-electron chi connectivity index (χ1n) is 7.54. The smallest absolute Gasteiger partial charge is 0.115 e. The molecule has 0 saturated carbocycles. The van der Waals surface area contributed by atoms with Crippen molar-refractivity contribution >= 4 is 0 Å². The van der Waals surface area contributed by atoms with E-state index in [2.05, 4.69) is 74.4 Å². The number of hydrogen-bond donors (Lipinski definition) is 1. The number of aromatic hydroxyl groups is 1. The molecule has 0 spiro atoms. The lowest BCUT2D eigenvalue weighted by Gasteiger charge is -2.61. The molecule has 0 aliphatic rings. The lowest BCUT2D eigenvalue weighted by atomic mass is 9.42. The Morgan fingerprint density at radius 3 is 1.15 bits per heavy atom. The van der Waals surface area contributed by atoms with Crippen molar-refractivity contribution < 1.29 is 5.11 Å². The molecule has 0 saturated heterocycles. The molecule has 0 aromatic heterocycles. The van der Waals surface area contributed by atoms with Crippen LogP contribution in [0.15, 0.2) is 24.3 Å². The van der Waals surface area contributed by atoms with Gasteiger partial charge in [0.25, 0.3) is 0 Å². The molecule has 0 heterocycles. The Balaban J connectivity index is 3.77. The van der Waals surface area contributed by atoms with E-state index in [0.29, 0.717) is 5.75 Å². The number of phenols is 1. The molecule has 1 heteroatoms. The molecule has 114 valence electrons. The van der Waals surface area contributed by atoms with Gasteiger partial charge in [0.05, 0.1) is 0 Å². The summed E-state index contributed by atoms with van der Waals surface area (Å²) in [5, 5.41) is 9.63. The van der Waals surface area contributed by atoms with E-state index in [9.17, 15) is 5.11 Å². The van der Waals surface area contributed by atoms with Crippen LogP contribution in [0.4, 0.5) is 0 Å². The van der Waals surface area contributed by atoms with Gasteiger partial charge < -0.3 is 5.11 Å². The third-order valence-corrected chi connectivity index (χ3v) is 4.68. The topological polar surface area (TPSA) is 20.2 Å². The van der Waals surface area contributed by atoms with E-state index in [1.165, 1.54) is 5.56 Å². The highest BCUT2D eigenvalue weighted by molar-refractivity contribution is 5.37. The first-order valence-corrected chi connectivity index (χ1v) is 7.54. The molecule has 1 aromatic rings. The van der Waals surface area contributed by atoms with Crippen molar-refractivity contribution in [3.05, 3.63) is 29.8 Å². The van der Waals surface area contributed by atoms with Crippen LogP contribution in [-0.2, 0) is 5.41 Å². The Hall–Kier alpha value is -0.980. The van der Waals surface area contributed by atoms with Crippen molar-refractivity contribution in [2.75, 3.05) is 0 Å². The third-order valence-electron chi connectivity index (χ3n) is 4.68. The second kappa shape index (κ2) is 4.79. The minimum atomic E-state index is -0.0132. The largest absolute Gasteiger partial charge is 0.508 e. The van der Waals surface area contributed by atoms with Gasteiger partial charge in [0.2, 0.25) is 0 Å². The predicted octanol–water partition coefficient (Wildman–Crippen LogP) is 5.77. The SMILES string of the molecule is CC(C)(C)C(c1ccc(O)cc1)(C(C)(C)C)C(C)(C)C. The highest BCUT2D eigenvalue weighted by Gasteiger charge is 2.58. The van der Waals surface area contributed by atoms with Crippen LogP contribution in [0.3, 0.4) is 0 Å². The molecule has 0 radical (unpaired) electrons. The molecular weight excluding hydrogens is 244 g/mol. The fourth-order valence-corrected chi connectivity index (χ4v) is 5.39. The fraction of sp³-hybridized carbons (Fsp3) is 0.684. The minimum Gasteiger partial charge on any atom is -0.508 e. The van der Waals surface area contributed by atoms with Crippen molar-refractivity contribution in [3.63, 3.8) is 0 Å². The zero-order valence-electron chi connectivity index (χ0n) is 14.8. The Morgan fingerprint density at radius 1 is 0.600 bits per heavy atom. The second-order valence-electron chi connectivity index (χ2n) is 9.05. The van der Waals surface area contributed by atoms with Crippen molar-refractivity contribution in [3.8, 4) is 5.75 Å². The normalized spacial score (nSPS) is 14.4. The lowest BCUT2D eigenvalue weighted by molar-refractivity contribution is -0.0443. The number of benzene rings is 1. The van der Waals surface area contributed by atoms with E-state index in [1.54, 1.807) is 0 Å². The van der Waals surface area contributed by atoms with Gasteiger partial charge in [-0.3, -0.25) is 0 Å². The molecule has 1 aromatic carbocycles. The summed E-state index contributed by atoms with van der Waals surface area (Å²) in [6, 6.07) is 7.81. The van der Waals surface area contributed by atoms with Crippen LogP contribution in [0.25, 0.3) is 0 Å². The molecule has 1 N–H and O–H groups in total. The van der Waals surface area contributed by atoms with Gasteiger partial charge in [-0.15, -0.1) is 0 Å². The Labute approximate surface area is 125 Å². The van der Waals surface area contributed by atoms with E-state index >= 15 is 0 Å². The van der Waals surface area contributed by atoms with E-state index < -0.39 is 0 Å². The maximum absolute atomic E-state index is 9.63. The average Bonchev–Trinajstić information content (AvgIpc) is 2.14. The highest BCUT2D eigenvalue weighted by atomic mass is 16.3. The summed E-state index contributed by atoms with van der Waals surface area (Å²) in [4.78, 5) is 0. The highest BCUT2D eigenvalue weighted by Crippen LogP contribution is 2.62. The molecule has 0 unspecified atom stereocenters. The van der Waals surface area contributed by atoms with Crippen molar-refractivity contribution in [2.45, 2.75) is 67.7 Å². The van der Waals surface area contributed by atoms with Gasteiger partial charge in [-0.05, 0) is 33.9 Å². The van der Waals surface area contributed by atoms with Crippen LogP contribution in [-0.4, -0.2) is 5.11 Å². The maximum atomic E-state index is 9.63. The molecule has 1 rings (SSSR count). The monoisotopic (exact) mass is 276 g/mol. The third kappa shape index (κ3) is 2.47. The number of rotatable bonds is 1. The van der Waals surface area contributed by atoms with Crippen LogP contribution in [0.1, 0.15) is 67.9 Å². The molecule has 0 atom stereocenters. The summed E-state index contributed by atoms with van der Waals surface area (Å²) in [7, 11) is 0. The van der Waals surface area contributed by atoms with Crippen LogP contribution < -0.4 is 0 Å². The van der Waals surface area contributed by atoms with Crippen molar-refractivity contribution in [2.24, 2.45) is 16.2 Å². The first kappa shape index (κ1) is 17.1. The Bertz CT molecular complexity index is 410. The van der Waals surface area contributed by atoms with Gasteiger partial charge >= 0.3 is 0 Å². The quantitative estimate of drug-likeness (QED) is 0.690. The van der Waals surface area contributed by atoms with Gasteiger partial charge in [0, 0.05) is 5.41 Å². The van der Waals surface area contributed by atoms with Gasteiger partial charge in [-0.1, -0.05) is 74.4 Å². The maximum Gasteiger partial charge on any atom is 0.115 e. The molecule has 1 nitrogen and oxygen atoms in total. The summed E-state index contributed by atoms with van der Waals surface area (Å²) in [6.07, 6.45) is 0. The minimum absolute atomic E-state index is 0.0132. The van der Waals surface area contributed by atoms with Gasteiger partial charge in [-0.25, -0.2) is 0 Å². The van der Waals surface area contributed by atoms with E-state index in [0.717, 1.165) is 0 Å². The number of hydrogen-bond acceptors (Lipinski definition) is 1. The van der Waals surface area contributed by atoms with Gasteiger partial charge in [0.1, 0.15) is 5.75 Å². The Morgan fingerprint density at radius 2 is 0.900 bits per heavy atom. The second-order valence-corrected chi connectivity index (χ2v) is 9.05. The van der Waals surface area contributed by atoms with Gasteiger partial charge in [-0.2, -0.15) is 0 Å². The van der Waals surface area contributed by atoms with Crippen LogP contribution in [0.5, 0.6) is 5.75 Å². The number of phenolic OH excluding ortho intramolecular Hbond substituents is 1. The summed E-state index contributed by atoms with van der Waals surface area (Å²) >= 11 is 0. The predicted molar refractivity (Wildman–Crippen MR) is 88.1 cm³/mol. The van der Waals surface area contributed by atoms with Crippen LogP contribution in [0.2, 0.25) is 0 Å². The van der Waals surface area contributed by atoms with E-state index in [-0.39, 0.29) is 21.7 Å². The molecule has 0 aliphatic heterocycles. The van der Waals surface area contributed by atoms with E-state index in [4.69, 9.17) is 0 Å². The molecule has 0 bridgehead atoms. The van der Waals surface area contributed by atoms with Crippen molar-refractivity contribution in [1.82, 2.24) is 0 Å². The summed E-state index contributed by atoms with van der Waals surface area (Å²) in [6.45, 7) is 21.0. The van der Waals surface area contributed by atoms with E-state index in [1.807, 2.05) is 12.1 Å². The molecular formula is C19H32O. The van der Waals surface area contributed by atoms with Crippen LogP contribution in [0, 0.1) is 16.2 Å². The summed E-state index contributed by atoms with van der Waals surface area (Å²) in [5.74, 6) is 0.333. The standard InChI is InChI=1S/C19H32O/c1-16(2,3)19(17(4,5)6,18(7,8)9)14-10-12-15(20)13-11-14/h10-13,20H,1-9H3. The molecule has 0 fully saturated rings. The van der Waals surface area contributed by atoms with Gasteiger partial charge in [0.15, 0.2) is 0 Å². The molecule has 0 aliphatic carbocycles. The molecule has 0 amide bonds. The van der Waals surface area contributed by atoms with Crippen molar-refractivity contribution in [1.29, 1.82) is 0 Å². The average molecular weight is 276 g/mol. The summed E-state index contributed by atoms with van der Waals surface area (Å²) in [5.41, 5.74) is 1.59. The first-order chi connectivity index (χ1) is 8.75. The zero-order chi connectivity index (χ0) is 16.0. The molecule has 20 heavy (non-hydrogen) atoms. The lowest BCUT2D eigenvalue weighted by Crippen LogP contribution is -2.58. The summed E-state index contributed by atoms with van der Waals surface area (Å²) < 4.78 is 0. The van der Waals surface area contributed by atoms with Crippen LogP contribution >= 0.6 is 0 Å². The Kier molecular flexibility index (Phi) is 4.09. The zero-order valence-corrected chi connectivity index (χ0v) is 14.8.